The molecule has 0 aliphatic heterocycles. The summed E-state index contributed by atoms with van der Waals surface area (Å²) in [6.45, 7) is 3.22. The molecule has 0 saturated carbocycles. The minimum atomic E-state index is -5.42. The molecule has 4 nitrogen and oxygen atoms in total. The molecule has 1 unspecified atom stereocenters. The second kappa shape index (κ2) is 9.76. The summed E-state index contributed by atoms with van der Waals surface area (Å²) in [5, 5.41) is 0. The van der Waals surface area contributed by atoms with Crippen molar-refractivity contribution in [3.05, 3.63) is 0 Å². The lowest BCUT2D eigenvalue weighted by molar-refractivity contribution is -0.336. The van der Waals surface area contributed by atoms with Gasteiger partial charge in [-0.2, -0.15) is 17.6 Å². The van der Waals surface area contributed by atoms with E-state index in [2.05, 4.69) is 4.74 Å². The third kappa shape index (κ3) is 6.45. The molecule has 0 aliphatic rings. The highest BCUT2D eigenvalue weighted by atomic mass is 28.4. The van der Waals surface area contributed by atoms with Gasteiger partial charge in [-0.25, -0.2) is 4.39 Å². The minimum absolute atomic E-state index is 0.00598. The lowest BCUT2D eigenvalue weighted by atomic mass is 10.3. The van der Waals surface area contributed by atoms with Gasteiger partial charge in [0.2, 0.25) is 0 Å². The van der Waals surface area contributed by atoms with E-state index in [1.54, 1.807) is 20.8 Å². The molecular formula is C12H23F5O4Si. The van der Waals surface area contributed by atoms with Crippen molar-refractivity contribution in [3.8, 4) is 0 Å². The lowest BCUT2D eigenvalue weighted by Gasteiger charge is -2.29. The first-order valence-electron chi connectivity index (χ1n) is 7.07. The molecule has 0 spiro atoms. The van der Waals surface area contributed by atoms with E-state index in [9.17, 15) is 22.0 Å². The lowest BCUT2D eigenvalue weighted by Crippen LogP contribution is -2.47. The van der Waals surface area contributed by atoms with E-state index >= 15 is 0 Å². The van der Waals surface area contributed by atoms with Crippen molar-refractivity contribution < 1.29 is 40.0 Å². The first-order chi connectivity index (χ1) is 10.2. The van der Waals surface area contributed by atoms with Gasteiger partial charge in [-0.15, -0.1) is 0 Å². The van der Waals surface area contributed by atoms with Crippen LogP contribution in [-0.4, -0.2) is 53.9 Å². The fourth-order valence-corrected chi connectivity index (χ4v) is 4.30. The van der Waals surface area contributed by atoms with Crippen molar-refractivity contribution in [3.63, 3.8) is 0 Å². The zero-order chi connectivity index (χ0) is 17.3. The van der Waals surface area contributed by atoms with E-state index in [1.807, 2.05) is 0 Å². The molecule has 0 heterocycles. The standard InChI is InChI=1S/C12H23F5O4Si/c1-4-19-22(20-5-2,21-6-3)9-7-8-18-11(14,10-13)12(15,16)17/h4-10H2,1-3H3. The Bertz CT molecular complexity index is 289. The fraction of sp³-hybridized carbons (Fsp3) is 1.00. The van der Waals surface area contributed by atoms with Crippen LogP contribution >= 0.6 is 0 Å². The van der Waals surface area contributed by atoms with E-state index in [4.69, 9.17) is 13.3 Å². The van der Waals surface area contributed by atoms with Crippen LogP contribution in [0.15, 0.2) is 0 Å². The molecule has 0 amide bonds. The van der Waals surface area contributed by atoms with Crippen molar-refractivity contribution in [2.24, 2.45) is 0 Å². The van der Waals surface area contributed by atoms with Crippen LogP contribution in [0.5, 0.6) is 0 Å². The Kier molecular flexibility index (Phi) is 9.63. The third-order valence-electron chi connectivity index (χ3n) is 2.65. The summed E-state index contributed by atoms with van der Waals surface area (Å²) in [5.41, 5.74) is 0. The Balaban J connectivity index is 4.55. The molecule has 0 rings (SSSR count). The molecule has 0 N–H and O–H groups in total. The minimum Gasteiger partial charge on any atom is -0.374 e. The number of rotatable bonds is 12. The predicted molar refractivity (Wildman–Crippen MR) is 71.9 cm³/mol. The van der Waals surface area contributed by atoms with Crippen molar-refractivity contribution in [1.29, 1.82) is 0 Å². The molecule has 1 atom stereocenters. The summed E-state index contributed by atoms with van der Waals surface area (Å²) in [4.78, 5) is 0. The zero-order valence-electron chi connectivity index (χ0n) is 13.0. The second-order valence-electron chi connectivity index (χ2n) is 4.29. The maximum Gasteiger partial charge on any atom is 0.501 e. The Morgan fingerprint density at radius 3 is 1.64 bits per heavy atom. The van der Waals surface area contributed by atoms with E-state index in [-0.39, 0.29) is 12.5 Å². The number of halogens is 5. The summed E-state index contributed by atoms with van der Waals surface area (Å²) in [6, 6.07) is 0.155. The van der Waals surface area contributed by atoms with Crippen LogP contribution in [0.25, 0.3) is 0 Å². The molecule has 134 valence electrons. The summed E-state index contributed by atoms with van der Waals surface area (Å²) in [7, 11) is -3.03. The number of hydrogen-bond acceptors (Lipinski definition) is 4. The topological polar surface area (TPSA) is 36.9 Å². The predicted octanol–water partition coefficient (Wildman–Crippen LogP) is 3.64. The molecular weight excluding hydrogens is 331 g/mol. The molecule has 0 aliphatic carbocycles. The largest absolute Gasteiger partial charge is 0.501 e. The van der Waals surface area contributed by atoms with Gasteiger partial charge in [0.15, 0.2) is 6.67 Å². The molecule has 0 saturated heterocycles. The van der Waals surface area contributed by atoms with Crippen molar-refractivity contribution in [2.45, 2.75) is 45.3 Å². The van der Waals surface area contributed by atoms with Gasteiger partial charge in [0.1, 0.15) is 0 Å². The molecule has 0 aromatic carbocycles. The quantitative estimate of drug-likeness (QED) is 0.305. The van der Waals surface area contributed by atoms with Gasteiger partial charge in [0, 0.05) is 25.9 Å². The molecule has 0 aromatic rings. The van der Waals surface area contributed by atoms with Gasteiger partial charge in [-0.1, -0.05) is 0 Å². The normalized spacial score (nSPS) is 15.8. The summed E-state index contributed by atoms with van der Waals surface area (Å²) >= 11 is 0. The molecule has 0 bridgehead atoms. The Morgan fingerprint density at radius 1 is 0.864 bits per heavy atom. The maximum absolute atomic E-state index is 13.3. The van der Waals surface area contributed by atoms with Crippen LogP contribution in [-0.2, 0) is 18.0 Å². The van der Waals surface area contributed by atoms with Gasteiger partial charge in [-0.3, -0.25) is 0 Å². The fourth-order valence-electron chi connectivity index (χ4n) is 1.72. The second-order valence-corrected chi connectivity index (χ2v) is 7.03. The Morgan fingerprint density at radius 2 is 1.32 bits per heavy atom. The average molecular weight is 354 g/mol. The van der Waals surface area contributed by atoms with E-state index in [1.165, 1.54) is 0 Å². The van der Waals surface area contributed by atoms with Crippen molar-refractivity contribution >= 4 is 8.80 Å². The van der Waals surface area contributed by atoms with Crippen LogP contribution in [0.3, 0.4) is 0 Å². The third-order valence-corrected chi connectivity index (χ3v) is 5.80. The van der Waals surface area contributed by atoms with Gasteiger partial charge >= 0.3 is 20.8 Å². The van der Waals surface area contributed by atoms with Gasteiger partial charge in [0.05, 0.1) is 6.61 Å². The number of ether oxygens (including phenoxy) is 1. The summed E-state index contributed by atoms with van der Waals surface area (Å²) in [6.07, 6.45) is -5.43. The Labute approximate surface area is 128 Å². The first-order valence-corrected chi connectivity index (χ1v) is 9.00. The molecule has 10 heteroatoms. The van der Waals surface area contributed by atoms with Gasteiger partial charge in [-0.05, 0) is 27.2 Å². The number of hydrogen-bond donors (Lipinski definition) is 0. The van der Waals surface area contributed by atoms with Crippen molar-refractivity contribution in [1.82, 2.24) is 0 Å². The molecule has 22 heavy (non-hydrogen) atoms. The van der Waals surface area contributed by atoms with Gasteiger partial charge < -0.3 is 18.0 Å². The zero-order valence-corrected chi connectivity index (χ0v) is 14.0. The average Bonchev–Trinajstić information content (AvgIpc) is 2.43. The first kappa shape index (κ1) is 21.7. The van der Waals surface area contributed by atoms with Crippen molar-refractivity contribution in [2.75, 3.05) is 33.1 Å². The SMILES string of the molecule is CCO[Si](CCCOC(F)(CF)C(F)(F)F)(OCC)OCC. The van der Waals surface area contributed by atoms with E-state index < -0.39 is 34.1 Å². The molecule has 0 aromatic heterocycles. The summed E-state index contributed by atoms with van der Waals surface area (Å²) < 4.78 is 83.0. The van der Waals surface area contributed by atoms with Crippen LogP contribution in [0.1, 0.15) is 27.2 Å². The molecule has 0 radical (unpaired) electrons. The van der Waals surface area contributed by atoms with Crippen LogP contribution in [0, 0.1) is 0 Å². The molecule has 0 fully saturated rings. The van der Waals surface area contributed by atoms with Crippen LogP contribution < -0.4 is 0 Å². The highest BCUT2D eigenvalue weighted by Gasteiger charge is 2.58. The highest BCUT2D eigenvalue weighted by molar-refractivity contribution is 6.60. The van der Waals surface area contributed by atoms with Gasteiger partial charge in [0.25, 0.3) is 0 Å². The van der Waals surface area contributed by atoms with Crippen LogP contribution in [0.4, 0.5) is 22.0 Å². The van der Waals surface area contributed by atoms with E-state index in [0.29, 0.717) is 19.8 Å². The maximum atomic E-state index is 13.3. The Hall–Kier alpha value is -0.293. The smallest absolute Gasteiger partial charge is 0.374 e. The summed E-state index contributed by atoms with van der Waals surface area (Å²) in [5.74, 6) is -4.28. The monoisotopic (exact) mass is 354 g/mol. The van der Waals surface area contributed by atoms with Crippen LogP contribution in [0.2, 0.25) is 6.04 Å². The highest BCUT2D eigenvalue weighted by Crippen LogP contribution is 2.35. The van der Waals surface area contributed by atoms with E-state index in [0.717, 1.165) is 0 Å². The number of alkyl halides is 5.